The molecule has 0 unspecified atom stereocenters. The predicted octanol–water partition coefficient (Wildman–Crippen LogP) is 3.67. The van der Waals surface area contributed by atoms with Gasteiger partial charge >= 0.3 is 0 Å². The Morgan fingerprint density at radius 3 is 2.67 bits per heavy atom. The van der Waals surface area contributed by atoms with E-state index in [2.05, 4.69) is 12.2 Å². The minimum atomic E-state index is -0.404. The van der Waals surface area contributed by atoms with Crippen molar-refractivity contribution in [1.82, 2.24) is 14.0 Å². The van der Waals surface area contributed by atoms with Crippen LogP contribution in [0.1, 0.15) is 62.5 Å². The Kier molecular flexibility index (Phi) is 5.08. The average Bonchev–Trinajstić information content (AvgIpc) is 3.20. The van der Waals surface area contributed by atoms with Gasteiger partial charge in [-0.1, -0.05) is 0 Å². The normalized spacial score (nSPS) is 24.4. The van der Waals surface area contributed by atoms with E-state index >= 15 is 0 Å². The highest BCUT2D eigenvalue weighted by Crippen LogP contribution is 2.49. The fraction of sp³-hybridized carbons (Fsp3) is 0.480. The lowest BCUT2D eigenvalue weighted by molar-refractivity contribution is -0.146. The van der Waals surface area contributed by atoms with Crippen LogP contribution in [-0.2, 0) is 17.2 Å². The third-order valence-electron chi connectivity index (χ3n) is 7.04. The van der Waals surface area contributed by atoms with Gasteiger partial charge in [0, 0.05) is 37.1 Å². The van der Waals surface area contributed by atoms with Gasteiger partial charge in [-0.2, -0.15) is 0 Å². The van der Waals surface area contributed by atoms with E-state index in [1.165, 1.54) is 4.57 Å². The number of pyridine rings is 2. The monoisotopic (exact) mass is 450 g/mol. The van der Waals surface area contributed by atoms with Crippen molar-refractivity contribution in [3.8, 4) is 5.75 Å². The molecule has 0 radical (unpaired) electrons. The SMILES string of the molecule is CC(C)Oc1cc2nc(C34CCC(C)(CC3)OC4)cn2cc1C(=O)Nc1cccn(C)c1=O. The van der Waals surface area contributed by atoms with Crippen LogP contribution in [-0.4, -0.2) is 38.2 Å². The van der Waals surface area contributed by atoms with Crippen LogP contribution < -0.4 is 15.6 Å². The molecule has 1 saturated carbocycles. The summed E-state index contributed by atoms with van der Waals surface area (Å²) in [6.45, 7) is 6.69. The number of hydrogen-bond donors (Lipinski definition) is 1. The number of anilines is 1. The molecular formula is C25H30N4O4. The van der Waals surface area contributed by atoms with Crippen molar-refractivity contribution in [3.63, 3.8) is 0 Å². The summed E-state index contributed by atoms with van der Waals surface area (Å²) in [6.07, 6.45) is 9.42. The predicted molar refractivity (Wildman–Crippen MR) is 125 cm³/mol. The molecule has 174 valence electrons. The quantitative estimate of drug-likeness (QED) is 0.641. The molecule has 2 saturated heterocycles. The highest BCUT2D eigenvalue weighted by atomic mass is 16.5. The van der Waals surface area contributed by atoms with E-state index in [9.17, 15) is 9.59 Å². The fourth-order valence-corrected chi connectivity index (χ4v) is 4.86. The standard InChI is InChI=1S/C25H30N4O4/c1-16(2)33-19-12-21-27-20(25-9-7-24(3,8-10-25)32-15-25)14-29(21)13-17(19)22(30)26-18-6-5-11-28(4)23(18)31/h5-6,11-14,16H,7-10,15H2,1-4H3,(H,26,30). The molecule has 8 heteroatoms. The summed E-state index contributed by atoms with van der Waals surface area (Å²) >= 11 is 0. The zero-order valence-electron chi connectivity index (χ0n) is 19.6. The smallest absolute Gasteiger partial charge is 0.274 e. The molecule has 0 spiro atoms. The van der Waals surface area contributed by atoms with Crippen molar-refractivity contribution >= 4 is 17.2 Å². The summed E-state index contributed by atoms with van der Waals surface area (Å²) in [4.78, 5) is 30.5. The molecule has 3 aromatic rings. The molecular weight excluding hydrogens is 420 g/mol. The zero-order chi connectivity index (χ0) is 23.4. The maximum absolute atomic E-state index is 13.2. The Morgan fingerprint density at radius 2 is 2.00 bits per heavy atom. The first-order valence-corrected chi connectivity index (χ1v) is 11.5. The van der Waals surface area contributed by atoms with E-state index in [1.807, 2.05) is 24.4 Å². The summed E-state index contributed by atoms with van der Waals surface area (Å²) in [5.41, 5.74) is 1.93. The second-order valence-electron chi connectivity index (χ2n) is 9.92. The lowest BCUT2D eigenvalue weighted by atomic mass is 9.65. The molecule has 0 aromatic carbocycles. The second kappa shape index (κ2) is 7.73. The minimum Gasteiger partial charge on any atom is -0.490 e. The Bertz CT molecular complexity index is 1260. The molecule has 33 heavy (non-hydrogen) atoms. The lowest BCUT2D eigenvalue weighted by Gasteiger charge is -2.51. The molecule has 3 fully saturated rings. The van der Waals surface area contributed by atoms with Gasteiger partial charge in [-0.25, -0.2) is 4.98 Å². The van der Waals surface area contributed by atoms with Crippen LogP contribution in [0, 0.1) is 0 Å². The minimum absolute atomic E-state index is 0.00106. The number of nitrogens with one attached hydrogen (secondary N) is 1. The van der Waals surface area contributed by atoms with Crippen LogP contribution in [0.3, 0.4) is 0 Å². The highest BCUT2D eigenvalue weighted by Gasteiger charge is 2.49. The van der Waals surface area contributed by atoms with Gasteiger partial charge in [0.15, 0.2) is 0 Å². The van der Waals surface area contributed by atoms with Gasteiger partial charge in [-0.15, -0.1) is 0 Å². The van der Waals surface area contributed by atoms with E-state index in [1.54, 1.807) is 37.6 Å². The van der Waals surface area contributed by atoms with E-state index in [4.69, 9.17) is 14.5 Å². The molecule has 2 aliphatic heterocycles. The first-order chi connectivity index (χ1) is 15.7. The molecule has 1 aliphatic carbocycles. The molecule has 5 heterocycles. The Morgan fingerprint density at radius 1 is 1.24 bits per heavy atom. The van der Waals surface area contributed by atoms with Gasteiger partial charge in [-0.05, 0) is 58.6 Å². The summed E-state index contributed by atoms with van der Waals surface area (Å²) in [6, 6.07) is 5.11. The van der Waals surface area contributed by atoms with Crippen molar-refractivity contribution in [2.75, 3.05) is 11.9 Å². The molecule has 0 atom stereocenters. The number of ether oxygens (including phenoxy) is 2. The number of carbonyl (C=O) groups excluding carboxylic acids is 1. The number of carbonyl (C=O) groups is 1. The third-order valence-corrected chi connectivity index (χ3v) is 7.04. The molecule has 8 nitrogen and oxygen atoms in total. The number of aromatic nitrogens is 3. The van der Waals surface area contributed by atoms with E-state index < -0.39 is 5.91 Å². The lowest BCUT2D eigenvalue weighted by Crippen LogP contribution is -2.51. The van der Waals surface area contributed by atoms with Gasteiger partial charge in [-0.3, -0.25) is 9.59 Å². The van der Waals surface area contributed by atoms with Crippen LogP contribution >= 0.6 is 0 Å². The van der Waals surface area contributed by atoms with Crippen molar-refractivity contribution in [3.05, 3.63) is 58.4 Å². The number of nitrogens with zero attached hydrogens (tertiary/aromatic N) is 3. The summed E-state index contributed by atoms with van der Waals surface area (Å²) < 4.78 is 15.4. The van der Waals surface area contributed by atoms with E-state index in [0.717, 1.165) is 37.0 Å². The summed E-state index contributed by atoms with van der Waals surface area (Å²) in [7, 11) is 1.65. The first kappa shape index (κ1) is 21.7. The van der Waals surface area contributed by atoms with Gasteiger partial charge in [0.1, 0.15) is 17.1 Å². The van der Waals surface area contributed by atoms with Crippen LogP contribution in [0.4, 0.5) is 5.69 Å². The maximum Gasteiger partial charge on any atom is 0.274 e. The van der Waals surface area contributed by atoms with Crippen LogP contribution in [0.25, 0.3) is 5.65 Å². The van der Waals surface area contributed by atoms with Crippen molar-refractivity contribution < 1.29 is 14.3 Å². The van der Waals surface area contributed by atoms with Gasteiger partial charge in [0.05, 0.1) is 29.6 Å². The number of fused-ring (bicyclic) bond motifs is 4. The van der Waals surface area contributed by atoms with Crippen LogP contribution in [0.5, 0.6) is 5.75 Å². The zero-order valence-corrected chi connectivity index (χ0v) is 19.6. The average molecular weight is 451 g/mol. The topological polar surface area (TPSA) is 86.9 Å². The molecule has 1 amide bonds. The number of imidazole rings is 1. The molecule has 1 N–H and O–H groups in total. The van der Waals surface area contributed by atoms with Crippen molar-refractivity contribution in [2.24, 2.45) is 7.05 Å². The maximum atomic E-state index is 13.2. The second-order valence-corrected chi connectivity index (χ2v) is 9.92. The van der Waals surface area contributed by atoms with Crippen molar-refractivity contribution in [2.45, 2.75) is 63.6 Å². The Hall–Kier alpha value is -3.13. The van der Waals surface area contributed by atoms with Crippen molar-refractivity contribution in [1.29, 1.82) is 0 Å². The van der Waals surface area contributed by atoms with Gasteiger partial charge in [0.25, 0.3) is 11.5 Å². The molecule has 3 aromatic heterocycles. The van der Waals surface area contributed by atoms with Gasteiger partial charge in [0.2, 0.25) is 0 Å². The summed E-state index contributed by atoms with van der Waals surface area (Å²) in [5, 5.41) is 2.74. The van der Waals surface area contributed by atoms with Crippen LogP contribution in [0.2, 0.25) is 0 Å². The number of hydrogen-bond acceptors (Lipinski definition) is 5. The Balaban J connectivity index is 1.53. The number of amides is 1. The molecule has 6 rings (SSSR count). The van der Waals surface area contributed by atoms with E-state index in [-0.39, 0.29) is 28.4 Å². The summed E-state index contributed by atoms with van der Waals surface area (Å²) in [5.74, 6) is 0.0345. The number of rotatable bonds is 5. The molecule has 2 bridgehead atoms. The fourth-order valence-electron chi connectivity index (χ4n) is 4.86. The third kappa shape index (κ3) is 3.82. The molecule has 3 aliphatic rings. The largest absolute Gasteiger partial charge is 0.490 e. The Labute approximate surface area is 192 Å². The van der Waals surface area contributed by atoms with E-state index in [0.29, 0.717) is 17.9 Å². The highest BCUT2D eigenvalue weighted by molar-refractivity contribution is 6.06. The first-order valence-electron chi connectivity index (χ1n) is 11.5. The van der Waals surface area contributed by atoms with Gasteiger partial charge < -0.3 is 23.8 Å². The number of aryl methyl sites for hydroxylation is 1. The van der Waals surface area contributed by atoms with Crippen LogP contribution in [0.15, 0.2) is 41.6 Å².